The summed E-state index contributed by atoms with van der Waals surface area (Å²) >= 11 is 6.57. The first kappa shape index (κ1) is 25.8. The van der Waals surface area contributed by atoms with Gasteiger partial charge in [-0.15, -0.1) is 0 Å². The Kier molecular flexibility index (Phi) is 9.40. The standard InChI is InChI=1S/C24H37ClN4O4/c1-7-29(22-14-32-15-23(22)33-9-8-30-5)21-11-19(25)10-18(16(21)2)12-26-13-20-17(3)27-28(4)24(20)31-6/h10-11,22-23,26H,7-9,12-15H2,1-6H3. The normalized spacial score (nSPS) is 18.2. The molecule has 0 bridgehead atoms. The molecule has 3 rings (SSSR count). The number of methoxy groups -OCH3 is 2. The lowest BCUT2D eigenvalue weighted by molar-refractivity contribution is 0.00727. The molecule has 1 N–H and O–H groups in total. The number of ether oxygens (including phenoxy) is 4. The second-order valence-corrected chi connectivity index (χ2v) is 8.74. The average molecular weight is 481 g/mol. The van der Waals surface area contributed by atoms with Crippen LogP contribution in [0.2, 0.25) is 5.02 Å². The van der Waals surface area contributed by atoms with E-state index in [0.717, 1.165) is 40.0 Å². The van der Waals surface area contributed by atoms with Crippen molar-refractivity contribution in [3.05, 3.63) is 39.5 Å². The van der Waals surface area contributed by atoms with Gasteiger partial charge in [0.15, 0.2) is 0 Å². The van der Waals surface area contributed by atoms with Gasteiger partial charge in [0.25, 0.3) is 0 Å². The second kappa shape index (κ2) is 12.0. The highest BCUT2D eigenvalue weighted by molar-refractivity contribution is 6.31. The molecule has 9 heteroatoms. The van der Waals surface area contributed by atoms with Gasteiger partial charge in [-0.25, -0.2) is 4.68 Å². The highest BCUT2D eigenvalue weighted by Crippen LogP contribution is 2.32. The largest absolute Gasteiger partial charge is 0.481 e. The Hall–Kier alpha value is -1.84. The number of nitrogens with one attached hydrogen (secondary N) is 1. The maximum atomic E-state index is 6.57. The molecule has 184 valence electrons. The fourth-order valence-corrected chi connectivity index (χ4v) is 4.74. The van der Waals surface area contributed by atoms with Gasteiger partial charge in [0, 0.05) is 44.5 Å². The minimum Gasteiger partial charge on any atom is -0.481 e. The molecule has 1 saturated heterocycles. The number of aromatic nitrogens is 2. The molecule has 1 aliphatic rings. The van der Waals surface area contributed by atoms with E-state index >= 15 is 0 Å². The monoisotopic (exact) mass is 480 g/mol. The van der Waals surface area contributed by atoms with Crippen molar-refractivity contribution >= 4 is 17.3 Å². The number of halogens is 1. The molecule has 1 aliphatic heterocycles. The van der Waals surface area contributed by atoms with Gasteiger partial charge < -0.3 is 29.2 Å². The zero-order valence-corrected chi connectivity index (χ0v) is 21.4. The van der Waals surface area contributed by atoms with Gasteiger partial charge in [-0.2, -0.15) is 5.10 Å². The van der Waals surface area contributed by atoms with Crippen molar-refractivity contribution in [3.8, 4) is 5.88 Å². The van der Waals surface area contributed by atoms with Gasteiger partial charge in [0.2, 0.25) is 5.88 Å². The van der Waals surface area contributed by atoms with Crippen LogP contribution in [0, 0.1) is 13.8 Å². The first-order chi connectivity index (χ1) is 15.9. The number of anilines is 1. The van der Waals surface area contributed by atoms with E-state index in [9.17, 15) is 0 Å². The van der Waals surface area contributed by atoms with Gasteiger partial charge in [-0.05, 0) is 44.0 Å². The van der Waals surface area contributed by atoms with Crippen LogP contribution in [0.4, 0.5) is 5.69 Å². The molecule has 8 nitrogen and oxygen atoms in total. The second-order valence-electron chi connectivity index (χ2n) is 8.30. The number of aryl methyl sites for hydroxylation is 2. The van der Waals surface area contributed by atoms with Crippen molar-refractivity contribution in [2.45, 2.75) is 46.0 Å². The summed E-state index contributed by atoms with van der Waals surface area (Å²) in [7, 11) is 5.24. The lowest BCUT2D eigenvalue weighted by Crippen LogP contribution is -2.45. The topological polar surface area (TPSA) is 70.0 Å². The van der Waals surface area contributed by atoms with Crippen LogP contribution in [-0.2, 0) is 34.3 Å². The minimum absolute atomic E-state index is 0.000998. The third-order valence-electron chi connectivity index (χ3n) is 6.22. The summed E-state index contributed by atoms with van der Waals surface area (Å²) in [5, 5.41) is 8.71. The van der Waals surface area contributed by atoms with E-state index in [4.69, 9.17) is 30.5 Å². The van der Waals surface area contributed by atoms with Crippen LogP contribution < -0.4 is 15.0 Å². The highest BCUT2D eigenvalue weighted by Gasteiger charge is 2.34. The van der Waals surface area contributed by atoms with Crippen molar-refractivity contribution in [3.63, 3.8) is 0 Å². The maximum Gasteiger partial charge on any atom is 0.216 e. The zero-order valence-electron chi connectivity index (χ0n) is 20.6. The van der Waals surface area contributed by atoms with Crippen LogP contribution in [0.25, 0.3) is 0 Å². The third-order valence-corrected chi connectivity index (χ3v) is 6.44. The lowest BCUT2D eigenvalue weighted by atomic mass is 10.0. The first-order valence-corrected chi connectivity index (χ1v) is 11.8. The maximum absolute atomic E-state index is 6.57. The average Bonchev–Trinajstić information content (AvgIpc) is 3.35. The smallest absolute Gasteiger partial charge is 0.216 e. The number of likely N-dealkylation sites (N-methyl/N-ethyl adjacent to an activating group) is 1. The molecule has 1 aromatic heterocycles. The van der Waals surface area contributed by atoms with Crippen LogP contribution in [0.5, 0.6) is 5.88 Å². The summed E-state index contributed by atoms with van der Waals surface area (Å²) in [6.45, 7) is 10.8. The molecule has 0 radical (unpaired) electrons. The molecule has 0 aliphatic carbocycles. The van der Waals surface area contributed by atoms with E-state index in [-0.39, 0.29) is 12.1 Å². The SMILES string of the molecule is CCN(c1cc(Cl)cc(CNCc2c(C)nn(C)c2OC)c1C)C1COCC1OCCOC. The van der Waals surface area contributed by atoms with Gasteiger partial charge in [-0.3, -0.25) is 0 Å². The number of hydrogen-bond acceptors (Lipinski definition) is 7. The third kappa shape index (κ3) is 6.00. The van der Waals surface area contributed by atoms with Gasteiger partial charge >= 0.3 is 0 Å². The Morgan fingerprint density at radius 1 is 1.21 bits per heavy atom. The molecule has 0 amide bonds. The molecule has 2 unspecified atom stereocenters. The van der Waals surface area contributed by atoms with E-state index in [1.54, 1.807) is 18.9 Å². The molecule has 2 heterocycles. The predicted molar refractivity (Wildman–Crippen MR) is 130 cm³/mol. The molecule has 1 aromatic carbocycles. The van der Waals surface area contributed by atoms with Gasteiger partial charge in [0.05, 0.1) is 50.8 Å². The van der Waals surface area contributed by atoms with E-state index in [1.165, 1.54) is 5.56 Å². The lowest BCUT2D eigenvalue weighted by Gasteiger charge is -2.34. The van der Waals surface area contributed by atoms with Crippen molar-refractivity contribution < 1.29 is 18.9 Å². The summed E-state index contributed by atoms with van der Waals surface area (Å²) in [5.74, 6) is 0.779. The summed E-state index contributed by atoms with van der Waals surface area (Å²) in [6, 6.07) is 4.21. The van der Waals surface area contributed by atoms with Crippen LogP contribution >= 0.6 is 11.6 Å². The van der Waals surface area contributed by atoms with E-state index in [1.807, 2.05) is 26.1 Å². The summed E-state index contributed by atoms with van der Waals surface area (Å²) in [5.41, 5.74) is 5.50. The van der Waals surface area contributed by atoms with Gasteiger partial charge in [0.1, 0.15) is 6.10 Å². The van der Waals surface area contributed by atoms with Crippen LogP contribution in [0.3, 0.4) is 0 Å². The number of rotatable bonds is 12. The molecule has 2 aromatic rings. The van der Waals surface area contributed by atoms with Crippen molar-refractivity contribution in [2.75, 3.05) is 52.1 Å². The number of hydrogen-bond donors (Lipinski definition) is 1. The Bertz CT molecular complexity index is 920. The van der Waals surface area contributed by atoms with Crippen LogP contribution in [-0.4, -0.2) is 69.1 Å². The summed E-state index contributed by atoms with van der Waals surface area (Å²) in [6.07, 6.45) is 0.000998. The van der Waals surface area contributed by atoms with Crippen LogP contribution in [0.1, 0.15) is 29.3 Å². The summed E-state index contributed by atoms with van der Waals surface area (Å²) < 4.78 is 24.2. The Labute approximate surface area is 202 Å². The minimum atomic E-state index is 0.000998. The fourth-order valence-electron chi connectivity index (χ4n) is 4.50. The molecule has 0 spiro atoms. The Morgan fingerprint density at radius 3 is 2.70 bits per heavy atom. The van der Waals surface area contributed by atoms with Crippen molar-refractivity contribution in [1.82, 2.24) is 15.1 Å². The number of benzene rings is 1. The molecular weight excluding hydrogens is 444 g/mol. The quantitative estimate of drug-likeness (QED) is 0.467. The summed E-state index contributed by atoms with van der Waals surface area (Å²) in [4.78, 5) is 2.35. The predicted octanol–water partition coefficient (Wildman–Crippen LogP) is 3.25. The Morgan fingerprint density at radius 2 is 2.00 bits per heavy atom. The zero-order chi connectivity index (χ0) is 24.0. The van der Waals surface area contributed by atoms with Crippen molar-refractivity contribution in [2.24, 2.45) is 7.05 Å². The van der Waals surface area contributed by atoms with Gasteiger partial charge in [-0.1, -0.05) is 11.6 Å². The molecule has 33 heavy (non-hydrogen) atoms. The number of nitrogens with zero attached hydrogens (tertiary/aromatic N) is 3. The van der Waals surface area contributed by atoms with E-state index in [2.05, 4.69) is 29.2 Å². The van der Waals surface area contributed by atoms with E-state index < -0.39 is 0 Å². The van der Waals surface area contributed by atoms with Crippen LogP contribution in [0.15, 0.2) is 12.1 Å². The highest BCUT2D eigenvalue weighted by atomic mass is 35.5. The molecular formula is C24H37ClN4O4. The molecule has 2 atom stereocenters. The molecule has 1 fully saturated rings. The molecule has 0 saturated carbocycles. The van der Waals surface area contributed by atoms with E-state index in [0.29, 0.717) is 39.5 Å². The fraction of sp³-hybridized carbons (Fsp3) is 0.625. The first-order valence-electron chi connectivity index (χ1n) is 11.4. The van der Waals surface area contributed by atoms with Crippen molar-refractivity contribution in [1.29, 1.82) is 0 Å². The Balaban J connectivity index is 1.75.